The molecular formula is C17H31N3O2. The van der Waals surface area contributed by atoms with E-state index in [4.69, 9.17) is 0 Å². The molecule has 0 bridgehead atoms. The fourth-order valence-corrected chi connectivity index (χ4v) is 4.57. The van der Waals surface area contributed by atoms with E-state index in [1.807, 2.05) is 4.90 Å². The highest BCUT2D eigenvalue weighted by atomic mass is 16.3. The maximum atomic E-state index is 13.0. The van der Waals surface area contributed by atoms with Crippen LogP contribution >= 0.6 is 0 Å². The molecule has 3 aliphatic rings. The Bertz CT molecular complexity index is 424. The molecule has 0 spiro atoms. The summed E-state index contributed by atoms with van der Waals surface area (Å²) >= 11 is 0. The lowest BCUT2D eigenvalue weighted by molar-refractivity contribution is -0.144. The Kier molecular flexibility index (Phi) is 4.49. The van der Waals surface area contributed by atoms with Crippen molar-refractivity contribution < 1.29 is 9.90 Å². The molecule has 3 rings (SSSR count). The predicted molar refractivity (Wildman–Crippen MR) is 86.7 cm³/mol. The lowest BCUT2D eigenvalue weighted by atomic mass is 9.80. The van der Waals surface area contributed by atoms with Gasteiger partial charge in [0, 0.05) is 19.6 Å². The standard InChI is InChI=1S/C17H31N3O2/c1-16(6-5-8-18(2)12-16)15(21)20-11-7-17(22,14-20)13-19-9-3-4-10-19/h22H,3-14H2,1-2H3. The fraction of sp³-hybridized carbons (Fsp3) is 0.941. The summed E-state index contributed by atoms with van der Waals surface area (Å²) in [6, 6.07) is 0. The summed E-state index contributed by atoms with van der Waals surface area (Å²) < 4.78 is 0. The zero-order valence-electron chi connectivity index (χ0n) is 14.2. The van der Waals surface area contributed by atoms with Crippen LogP contribution in [0.1, 0.15) is 39.0 Å². The first kappa shape index (κ1) is 16.2. The number of amides is 1. The average Bonchev–Trinajstić information content (AvgIpc) is 3.08. The second kappa shape index (κ2) is 6.10. The Balaban J connectivity index is 1.60. The molecule has 0 aromatic heterocycles. The second-order valence-corrected chi connectivity index (χ2v) is 8.09. The number of carbonyl (C=O) groups is 1. The summed E-state index contributed by atoms with van der Waals surface area (Å²) in [5.74, 6) is 0.247. The zero-order valence-corrected chi connectivity index (χ0v) is 14.2. The second-order valence-electron chi connectivity index (χ2n) is 8.09. The van der Waals surface area contributed by atoms with Gasteiger partial charge < -0.3 is 19.8 Å². The van der Waals surface area contributed by atoms with Gasteiger partial charge in [-0.2, -0.15) is 0 Å². The number of piperidine rings is 1. The van der Waals surface area contributed by atoms with Crippen LogP contribution in [0.25, 0.3) is 0 Å². The van der Waals surface area contributed by atoms with Gasteiger partial charge in [0.15, 0.2) is 0 Å². The lowest BCUT2D eigenvalue weighted by Gasteiger charge is -2.40. The number of carbonyl (C=O) groups excluding carboxylic acids is 1. The molecular weight excluding hydrogens is 278 g/mol. The highest BCUT2D eigenvalue weighted by Crippen LogP contribution is 2.34. The number of hydrogen-bond donors (Lipinski definition) is 1. The Labute approximate surface area is 134 Å². The maximum absolute atomic E-state index is 13.0. The van der Waals surface area contributed by atoms with E-state index < -0.39 is 5.60 Å². The number of hydrogen-bond acceptors (Lipinski definition) is 4. The van der Waals surface area contributed by atoms with Crippen LogP contribution in [0.5, 0.6) is 0 Å². The maximum Gasteiger partial charge on any atom is 0.229 e. The minimum Gasteiger partial charge on any atom is -0.387 e. The molecule has 1 N–H and O–H groups in total. The zero-order chi connectivity index (χ0) is 15.8. The molecule has 5 nitrogen and oxygen atoms in total. The van der Waals surface area contributed by atoms with Gasteiger partial charge in [-0.1, -0.05) is 0 Å². The van der Waals surface area contributed by atoms with Crippen molar-refractivity contribution in [3.8, 4) is 0 Å². The van der Waals surface area contributed by atoms with Crippen molar-refractivity contribution in [1.29, 1.82) is 0 Å². The number of rotatable bonds is 3. The van der Waals surface area contributed by atoms with Gasteiger partial charge in [-0.15, -0.1) is 0 Å². The van der Waals surface area contributed by atoms with E-state index in [0.717, 1.165) is 52.0 Å². The minimum atomic E-state index is -0.697. The SMILES string of the molecule is CN1CCCC(C)(C(=O)N2CCC(O)(CN3CCCC3)C2)C1. The molecule has 0 aromatic rings. The Morgan fingerprint density at radius 1 is 1.05 bits per heavy atom. The Hall–Kier alpha value is -0.650. The minimum absolute atomic E-state index is 0.247. The van der Waals surface area contributed by atoms with Gasteiger partial charge in [-0.05, 0) is 65.7 Å². The van der Waals surface area contributed by atoms with Crippen molar-refractivity contribution >= 4 is 5.91 Å². The first-order valence-corrected chi connectivity index (χ1v) is 8.83. The molecule has 22 heavy (non-hydrogen) atoms. The first-order chi connectivity index (χ1) is 10.4. The third-order valence-corrected chi connectivity index (χ3v) is 5.74. The molecule has 3 fully saturated rings. The van der Waals surface area contributed by atoms with Gasteiger partial charge in [0.1, 0.15) is 0 Å². The van der Waals surface area contributed by atoms with Crippen LogP contribution in [-0.4, -0.2) is 84.2 Å². The molecule has 3 aliphatic heterocycles. The normalized spacial score (nSPS) is 37.9. The smallest absolute Gasteiger partial charge is 0.229 e. The summed E-state index contributed by atoms with van der Waals surface area (Å²) in [6.45, 7) is 8.17. The summed E-state index contributed by atoms with van der Waals surface area (Å²) in [6.07, 6.45) is 5.26. The van der Waals surface area contributed by atoms with Gasteiger partial charge in [-0.3, -0.25) is 4.79 Å². The van der Waals surface area contributed by atoms with E-state index in [0.29, 0.717) is 13.1 Å². The van der Waals surface area contributed by atoms with Crippen LogP contribution in [0.3, 0.4) is 0 Å². The molecule has 1 amide bonds. The molecule has 0 aliphatic carbocycles. The summed E-state index contributed by atoms with van der Waals surface area (Å²) in [7, 11) is 2.10. The summed E-state index contributed by atoms with van der Waals surface area (Å²) in [5, 5.41) is 10.9. The van der Waals surface area contributed by atoms with Crippen LogP contribution in [-0.2, 0) is 4.79 Å². The highest BCUT2D eigenvalue weighted by Gasteiger charge is 2.45. The van der Waals surface area contributed by atoms with E-state index >= 15 is 0 Å². The third-order valence-electron chi connectivity index (χ3n) is 5.74. The summed E-state index contributed by atoms with van der Waals surface area (Å²) in [4.78, 5) is 19.5. The van der Waals surface area contributed by atoms with Crippen molar-refractivity contribution in [3.05, 3.63) is 0 Å². The third kappa shape index (κ3) is 3.31. The van der Waals surface area contributed by atoms with E-state index in [1.165, 1.54) is 12.8 Å². The molecule has 0 saturated carbocycles. The van der Waals surface area contributed by atoms with Gasteiger partial charge in [0.05, 0.1) is 17.6 Å². The van der Waals surface area contributed by atoms with Crippen LogP contribution in [0.2, 0.25) is 0 Å². The van der Waals surface area contributed by atoms with Gasteiger partial charge in [-0.25, -0.2) is 0 Å². The van der Waals surface area contributed by atoms with Crippen molar-refractivity contribution in [1.82, 2.24) is 14.7 Å². The van der Waals surface area contributed by atoms with Crippen molar-refractivity contribution in [3.63, 3.8) is 0 Å². The number of β-amino-alcohol motifs (C(OH)–C–C–N with tert-alkyl or cyclic N) is 1. The number of aliphatic hydroxyl groups is 1. The Morgan fingerprint density at radius 3 is 2.45 bits per heavy atom. The van der Waals surface area contributed by atoms with E-state index in [2.05, 4.69) is 23.8 Å². The lowest BCUT2D eigenvalue weighted by Crippen LogP contribution is -2.51. The van der Waals surface area contributed by atoms with E-state index in [-0.39, 0.29) is 11.3 Å². The van der Waals surface area contributed by atoms with E-state index in [1.54, 1.807) is 0 Å². The van der Waals surface area contributed by atoms with Crippen LogP contribution < -0.4 is 0 Å². The molecule has 126 valence electrons. The number of likely N-dealkylation sites (tertiary alicyclic amines) is 3. The largest absolute Gasteiger partial charge is 0.387 e. The number of nitrogens with zero attached hydrogens (tertiary/aromatic N) is 3. The quantitative estimate of drug-likeness (QED) is 0.837. The molecule has 3 heterocycles. The predicted octanol–water partition coefficient (Wildman–Crippen LogP) is 0.778. The van der Waals surface area contributed by atoms with Crippen LogP contribution in [0, 0.1) is 5.41 Å². The van der Waals surface area contributed by atoms with Crippen LogP contribution in [0.4, 0.5) is 0 Å². The van der Waals surface area contributed by atoms with E-state index in [9.17, 15) is 9.90 Å². The fourth-order valence-electron chi connectivity index (χ4n) is 4.57. The monoisotopic (exact) mass is 309 g/mol. The average molecular weight is 309 g/mol. The topological polar surface area (TPSA) is 47.0 Å². The molecule has 2 unspecified atom stereocenters. The van der Waals surface area contributed by atoms with Gasteiger partial charge in [0.25, 0.3) is 0 Å². The Morgan fingerprint density at radius 2 is 1.77 bits per heavy atom. The molecule has 5 heteroatoms. The van der Waals surface area contributed by atoms with Gasteiger partial charge >= 0.3 is 0 Å². The van der Waals surface area contributed by atoms with Crippen molar-refractivity contribution in [2.75, 3.05) is 52.9 Å². The highest BCUT2D eigenvalue weighted by molar-refractivity contribution is 5.83. The first-order valence-electron chi connectivity index (χ1n) is 8.83. The summed E-state index contributed by atoms with van der Waals surface area (Å²) in [5.41, 5.74) is -0.969. The van der Waals surface area contributed by atoms with Crippen LogP contribution in [0.15, 0.2) is 0 Å². The van der Waals surface area contributed by atoms with Gasteiger partial charge in [0.2, 0.25) is 5.91 Å². The van der Waals surface area contributed by atoms with Crippen molar-refractivity contribution in [2.45, 2.75) is 44.6 Å². The molecule has 3 saturated heterocycles. The molecule has 0 radical (unpaired) electrons. The molecule has 0 aromatic carbocycles. The molecule has 2 atom stereocenters. The van der Waals surface area contributed by atoms with Crippen molar-refractivity contribution in [2.24, 2.45) is 5.41 Å².